The lowest BCUT2D eigenvalue weighted by atomic mass is 10.0. The Morgan fingerprint density at radius 2 is 1.91 bits per heavy atom. The van der Waals surface area contributed by atoms with Gasteiger partial charge in [0.05, 0.1) is 23.0 Å². The number of furan rings is 1. The molecule has 4 rings (SSSR count). The molecule has 1 aromatic carbocycles. The van der Waals surface area contributed by atoms with Crippen LogP contribution in [0, 0.1) is 6.92 Å². The van der Waals surface area contributed by atoms with Crippen LogP contribution in [-0.4, -0.2) is 48.1 Å². The molecule has 0 spiro atoms. The first-order valence-electron chi connectivity index (χ1n) is 10.2. The van der Waals surface area contributed by atoms with Crippen LogP contribution in [0.2, 0.25) is 0 Å². The minimum Gasteiger partial charge on any atom is -0.454 e. The van der Waals surface area contributed by atoms with Gasteiger partial charge in [-0.1, -0.05) is 0 Å². The Bertz CT molecular complexity index is 1220. The van der Waals surface area contributed by atoms with E-state index >= 15 is 0 Å². The van der Waals surface area contributed by atoms with Gasteiger partial charge in [0.15, 0.2) is 0 Å². The number of carbonyl (C=O) groups excluding carboxylic acids is 1. The highest BCUT2D eigenvalue weighted by molar-refractivity contribution is 5.96. The molecule has 1 aliphatic rings. The van der Waals surface area contributed by atoms with Gasteiger partial charge in [0.2, 0.25) is 0 Å². The molecule has 33 heavy (non-hydrogen) atoms. The van der Waals surface area contributed by atoms with E-state index in [-0.39, 0.29) is 46.6 Å². The molecular weight excluding hydrogens is 445 g/mol. The fourth-order valence-corrected chi connectivity index (χ4v) is 3.85. The van der Waals surface area contributed by atoms with Crippen molar-refractivity contribution >= 4 is 23.1 Å². The smallest absolute Gasteiger partial charge is 0.420 e. The summed E-state index contributed by atoms with van der Waals surface area (Å²) < 4.78 is 73.4. The van der Waals surface area contributed by atoms with Gasteiger partial charge in [-0.15, -0.1) is 0 Å². The quantitative estimate of drug-likeness (QED) is 0.366. The first-order chi connectivity index (χ1) is 15.5. The summed E-state index contributed by atoms with van der Waals surface area (Å²) in [5.74, 6) is -2.98. The summed E-state index contributed by atoms with van der Waals surface area (Å²) in [6.07, 6.45) is -2.87. The number of alkyl halides is 5. The van der Waals surface area contributed by atoms with Gasteiger partial charge in [-0.25, -0.2) is 8.78 Å². The molecule has 1 saturated heterocycles. The average molecular weight is 465 g/mol. The number of likely N-dealkylation sites (tertiary alicyclic amines) is 1. The molecule has 174 valence electrons. The van der Waals surface area contributed by atoms with Crippen molar-refractivity contribution in [1.82, 2.24) is 9.88 Å². The molecule has 2 aromatic heterocycles. The molecule has 3 heterocycles. The molecule has 3 aromatic rings. The largest absolute Gasteiger partial charge is 0.454 e. The molecule has 0 N–H and O–H groups in total. The van der Waals surface area contributed by atoms with Crippen LogP contribution in [-0.2, 0) is 6.18 Å². The van der Waals surface area contributed by atoms with Gasteiger partial charge in [-0.3, -0.25) is 14.8 Å². The van der Waals surface area contributed by atoms with Crippen LogP contribution in [0.5, 0.6) is 0 Å². The van der Waals surface area contributed by atoms with Gasteiger partial charge >= 0.3 is 6.18 Å². The van der Waals surface area contributed by atoms with E-state index in [9.17, 15) is 26.7 Å². The SMILES string of the molecule is C/N=C/c1oc2c(C(F)(F)F)cc(-c3ccc(C(=O)N4CCC(F)(F)CC4)cn3)cc2c1C. The first-order valence-corrected chi connectivity index (χ1v) is 10.2. The summed E-state index contributed by atoms with van der Waals surface area (Å²) in [6.45, 7) is 1.51. The van der Waals surface area contributed by atoms with Crippen molar-refractivity contribution in [2.45, 2.75) is 31.9 Å². The van der Waals surface area contributed by atoms with Crippen LogP contribution < -0.4 is 0 Å². The van der Waals surface area contributed by atoms with E-state index in [0.29, 0.717) is 5.56 Å². The minimum absolute atomic E-state index is 0.0671. The Morgan fingerprint density at radius 1 is 1.21 bits per heavy atom. The molecule has 0 bridgehead atoms. The molecule has 0 atom stereocenters. The van der Waals surface area contributed by atoms with E-state index in [1.54, 1.807) is 13.0 Å². The Labute approximate surface area is 185 Å². The maximum atomic E-state index is 13.8. The first kappa shape index (κ1) is 22.9. The Hall–Kier alpha value is -3.30. The maximum Gasteiger partial charge on any atom is 0.420 e. The van der Waals surface area contributed by atoms with Gasteiger partial charge in [0.25, 0.3) is 11.8 Å². The van der Waals surface area contributed by atoms with E-state index in [1.807, 2.05) is 0 Å². The average Bonchev–Trinajstić information content (AvgIpc) is 3.08. The van der Waals surface area contributed by atoms with Crippen molar-refractivity contribution in [3.8, 4) is 11.3 Å². The van der Waals surface area contributed by atoms with Gasteiger partial charge < -0.3 is 9.32 Å². The van der Waals surface area contributed by atoms with Crippen LogP contribution in [0.15, 0.2) is 39.9 Å². The highest BCUT2D eigenvalue weighted by atomic mass is 19.4. The second-order valence-corrected chi connectivity index (χ2v) is 7.96. The Kier molecular flexibility index (Phi) is 5.71. The molecule has 1 amide bonds. The number of carbonyl (C=O) groups is 1. The molecular formula is C23H20F5N3O2. The molecule has 1 aliphatic heterocycles. The van der Waals surface area contributed by atoms with E-state index in [1.165, 1.54) is 36.5 Å². The highest BCUT2D eigenvalue weighted by Gasteiger charge is 2.37. The fraction of sp³-hybridized carbons (Fsp3) is 0.348. The van der Waals surface area contributed by atoms with Gasteiger partial charge in [-0.05, 0) is 31.2 Å². The number of halogens is 5. The zero-order valence-electron chi connectivity index (χ0n) is 17.8. The molecule has 0 aliphatic carbocycles. The number of benzene rings is 1. The lowest BCUT2D eigenvalue weighted by molar-refractivity contribution is -0.136. The second-order valence-electron chi connectivity index (χ2n) is 7.96. The normalized spacial score (nSPS) is 16.6. The monoisotopic (exact) mass is 465 g/mol. The molecule has 0 unspecified atom stereocenters. The zero-order valence-corrected chi connectivity index (χ0v) is 17.8. The van der Waals surface area contributed by atoms with Crippen molar-refractivity contribution in [2.24, 2.45) is 4.99 Å². The number of rotatable bonds is 3. The third-order valence-electron chi connectivity index (χ3n) is 5.71. The third-order valence-corrected chi connectivity index (χ3v) is 5.71. The molecule has 0 saturated carbocycles. The van der Waals surface area contributed by atoms with E-state index in [4.69, 9.17) is 4.42 Å². The van der Waals surface area contributed by atoms with Crippen molar-refractivity contribution in [2.75, 3.05) is 20.1 Å². The predicted molar refractivity (Wildman–Crippen MR) is 113 cm³/mol. The maximum absolute atomic E-state index is 13.8. The molecule has 10 heteroatoms. The summed E-state index contributed by atoms with van der Waals surface area (Å²) in [7, 11) is 1.49. The Balaban J connectivity index is 1.69. The van der Waals surface area contributed by atoms with Gasteiger partial charge in [0.1, 0.15) is 11.3 Å². The standard InChI is InChI=1S/C23H20F5N3O2/c1-13-16-9-15(10-17(23(26,27)28)20(16)33-19(13)12-29-2)18-4-3-14(11-30-18)21(32)31-7-5-22(24,25)6-8-31/h3-4,9-12H,5-8H2,1-2H3/b29-12+. The number of hydrogen-bond donors (Lipinski definition) is 0. The van der Waals surface area contributed by atoms with Crippen LogP contribution in [0.1, 0.15) is 40.1 Å². The van der Waals surface area contributed by atoms with E-state index in [2.05, 4.69) is 9.98 Å². The number of aliphatic imine (C=N–C) groups is 1. The predicted octanol–water partition coefficient (Wildman–Crippen LogP) is 5.74. The second kappa shape index (κ2) is 8.24. The molecule has 5 nitrogen and oxygen atoms in total. The lowest BCUT2D eigenvalue weighted by Crippen LogP contribution is -2.42. The number of amides is 1. The number of fused-ring (bicyclic) bond motifs is 1. The number of piperidine rings is 1. The van der Waals surface area contributed by atoms with Crippen LogP contribution >= 0.6 is 0 Å². The summed E-state index contributed by atoms with van der Waals surface area (Å²) in [6, 6.07) is 5.38. The van der Waals surface area contributed by atoms with Crippen molar-refractivity contribution in [3.05, 3.63) is 52.9 Å². The van der Waals surface area contributed by atoms with Crippen molar-refractivity contribution < 1.29 is 31.2 Å². The molecule has 1 fully saturated rings. The zero-order chi connectivity index (χ0) is 24.0. The minimum atomic E-state index is -4.66. The summed E-state index contributed by atoms with van der Waals surface area (Å²) in [5, 5.41) is 0.283. The number of hydrogen-bond acceptors (Lipinski definition) is 4. The van der Waals surface area contributed by atoms with E-state index < -0.39 is 36.4 Å². The number of pyridine rings is 1. The van der Waals surface area contributed by atoms with Crippen molar-refractivity contribution in [3.63, 3.8) is 0 Å². The number of nitrogens with zero attached hydrogens (tertiary/aromatic N) is 3. The van der Waals surface area contributed by atoms with Crippen LogP contribution in [0.25, 0.3) is 22.2 Å². The molecule has 0 radical (unpaired) electrons. The third kappa shape index (κ3) is 4.46. The highest BCUT2D eigenvalue weighted by Crippen LogP contribution is 2.40. The number of aromatic nitrogens is 1. The summed E-state index contributed by atoms with van der Waals surface area (Å²) in [5.41, 5.74) is -0.0955. The van der Waals surface area contributed by atoms with Gasteiger partial charge in [0, 0.05) is 55.7 Å². The van der Waals surface area contributed by atoms with Crippen molar-refractivity contribution in [1.29, 1.82) is 0 Å². The summed E-state index contributed by atoms with van der Waals surface area (Å²) >= 11 is 0. The van der Waals surface area contributed by atoms with Crippen LogP contribution in [0.4, 0.5) is 22.0 Å². The van der Waals surface area contributed by atoms with Gasteiger partial charge in [-0.2, -0.15) is 13.2 Å². The lowest BCUT2D eigenvalue weighted by Gasteiger charge is -2.31. The topological polar surface area (TPSA) is 58.7 Å². The fourth-order valence-electron chi connectivity index (χ4n) is 3.85. The Morgan fingerprint density at radius 3 is 2.48 bits per heavy atom. The van der Waals surface area contributed by atoms with Crippen LogP contribution in [0.3, 0.4) is 0 Å². The summed E-state index contributed by atoms with van der Waals surface area (Å²) in [4.78, 5) is 21.9. The van der Waals surface area contributed by atoms with E-state index in [0.717, 1.165) is 6.07 Å². The number of aryl methyl sites for hydroxylation is 1.